The summed E-state index contributed by atoms with van der Waals surface area (Å²) in [5.74, 6) is 1.56. The smallest absolute Gasteiger partial charge is 0.175 e. The van der Waals surface area contributed by atoms with Crippen LogP contribution in [-0.2, 0) is 6.54 Å². The van der Waals surface area contributed by atoms with Gasteiger partial charge in [0.1, 0.15) is 0 Å². The maximum absolute atomic E-state index is 5.74. The molecule has 120 valence electrons. The highest BCUT2D eigenvalue weighted by molar-refractivity contribution is 9.10. The van der Waals surface area contributed by atoms with E-state index in [1.54, 1.807) is 7.11 Å². The average molecular weight is 359 g/mol. The van der Waals surface area contributed by atoms with Crippen LogP contribution in [-0.4, -0.2) is 45.3 Å². The second-order valence-electron chi connectivity index (χ2n) is 5.40. The molecule has 0 saturated heterocycles. The van der Waals surface area contributed by atoms with E-state index in [4.69, 9.17) is 9.47 Å². The Hall–Kier alpha value is -0.780. The molecule has 0 aromatic heterocycles. The van der Waals surface area contributed by atoms with Gasteiger partial charge in [0.15, 0.2) is 11.5 Å². The van der Waals surface area contributed by atoms with Crippen LogP contribution in [0.4, 0.5) is 0 Å². The van der Waals surface area contributed by atoms with Crippen molar-refractivity contribution in [2.75, 3.05) is 34.4 Å². The molecular formula is C16H27BrN2O2. The Morgan fingerprint density at radius 2 is 2.05 bits per heavy atom. The minimum absolute atomic E-state index is 0.502. The predicted molar refractivity (Wildman–Crippen MR) is 91.3 cm³/mol. The zero-order valence-electron chi connectivity index (χ0n) is 13.7. The predicted octanol–water partition coefficient (Wildman–Crippen LogP) is 3.29. The van der Waals surface area contributed by atoms with E-state index in [0.29, 0.717) is 12.6 Å². The van der Waals surface area contributed by atoms with Crippen molar-refractivity contribution in [3.8, 4) is 11.5 Å². The van der Waals surface area contributed by atoms with E-state index < -0.39 is 0 Å². The number of ether oxygens (including phenoxy) is 2. The molecule has 4 nitrogen and oxygen atoms in total. The van der Waals surface area contributed by atoms with Crippen LogP contribution < -0.4 is 14.8 Å². The molecule has 0 bridgehead atoms. The second-order valence-corrected chi connectivity index (χ2v) is 6.26. The first kappa shape index (κ1) is 18.3. The van der Waals surface area contributed by atoms with Gasteiger partial charge in [-0.05, 0) is 61.1 Å². The lowest BCUT2D eigenvalue weighted by Gasteiger charge is -2.20. The van der Waals surface area contributed by atoms with E-state index in [0.717, 1.165) is 35.5 Å². The van der Waals surface area contributed by atoms with E-state index in [2.05, 4.69) is 60.2 Å². The van der Waals surface area contributed by atoms with Gasteiger partial charge in [0, 0.05) is 19.1 Å². The number of likely N-dealkylation sites (N-methyl/N-ethyl adjacent to an activating group) is 1. The molecule has 1 unspecified atom stereocenters. The van der Waals surface area contributed by atoms with Crippen LogP contribution >= 0.6 is 15.9 Å². The Labute approximate surface area is 136 Å². The molecule has 5 heteroatoms. The summed E-state index contributed by atoms with van der Waals surface area (Å²) in [6, 6.07) is 4.62. The molecule has 0 spiro atoms. The van der Waals surface area contributed by atoms with E-state index in [-0.39, 0.29) is 0 Å². The van der Waals surface area contributed by atoms with Crippen LogP contribution in [0.3, 0.4) is 0 Å². The summed E-state index contributed by atoms with van der Waals surface area (Å²) < 4.78 is 12.1. The molecule has 0 aliphatic heterocycles. The Bertz CT molecular complexity index is 439. The molecule has 0 fully saturated rings. The lowest BCUT2D eigenvalue weighted by molar-refractivity contribution is 0.291. The van der Waals surface area contributed by atoms with Gasteiger partial charge in [-0.15, -0.1) is 0 Å². The van der Waals surface area contributed by atoms with Gasteiger partial charge in [0.2, 0.25) is 0 Å². The third kappa shape index (κ3) is 5.85. The first-order valence-corrected chi connectivity index (χ1v) is 8.15. The van der Waals surface area contributed by atoms with Crippen molar-refractivity contribution in [2.45, 2.75) is 32.9 Å². The maximum atomic E-state index is 5.74. The van der Waals surface area contributed by atoms with Crippen molar-refractivity contribution in [1.29, 1.82) is 0 Å². The van der Waals surface area contributed by atoms with Crippen molar-refractivity contribution >= 4 is 15.9 Å². The molecular weight excluding hydrogens is 332 g/mol. The van der Waals surface area contributed by atoms with Gasteiger partial charge in [-0.3, -0.25) is 0 Å². The Balaban J connectivity index is 2.70. The zero-order chi connectivity index (χ0) is 15.8. The third-order valence-electron chi connectivity index (χ3n) is 3.39. The van der Waals surface area contributed by atoms with Gasteiger partial charge in [0.25, 0.3) is 0 Å². The summed E-state index contributed by atoms with van der Waals surface area (Å²) in [5.41, 5.74) is 1.17. The fourth-order valence-corrected chi connectivity index (χ4v) is 2.43. The molecule has 0 heterocycles. The lowest BCUT2D eigenvalue weighted by atomic mass is 10.2. The van der Waals surface area contributed by atoms with Crippen molar-refractivity contribution in [3.05, 3.63) is 22.2 Å². The molecule has 1 aromatic carbocycles. The molecule has 0 aliphatic carbocycles. The molecule has 21 heavy (non-hydrogen) atoms. The molecule has 1 rings (SSSR count). The number of hydrogen-bond acceptors (Lipinski definition) is 4. The summed E-state index contributed by atoms with van der Waals surface area (Å²) >= 11 is 3.57. The molecule has 0 aliphatic rings. The second kappa shape index (κ2) is 9.28. The highest BCUT2D eigenvalue weighted by Gasteiger charge is 2.12. The highest BCUT2D eigenvalue weighted by atomic mass is 79.9. The number of halogens is 1. The summed E-state index contributed by atoms with van der Waals surface area (Å²) in [5, 5.41) is 3.47. The molecule has 1 atom stereocenters. The number of nitrogens with one attached hydrogen (secondary N) is 1. The molecule has 0 radical (unpaired) electrons. The third-order valence-corrected chi connectivity index (χ3v) is 3.98. The van der Waals surface area contributed by atoms with Crippen LogP contribution in [0.5, 0.6) is 11.5 Å². The summed E-state index contributed by atoms with van der Waals surface area (Å²) in [6.45, 7) is 6.73. The number of hydrogen-bond donors (Lipinski definition) is 1. The average Bonchev–Trinajstić information content (AvgIpc) is 2.45. The first-order valence-electron chi connectivity index (χ1n) is 7.35. The van der Waals surface area contributed by atoms with Gasteiger partial charge in [-0.25, -0.2) is 0 Å². The van der Waals surface area contributed by atoms with Crippen LogP contribution in [0.15, 0.2) is 16.6 Å². The number of benzene rings is 1. The summed E-state index contributed by atoms with van der Waals surface area (Å²) in [6.07, 6.45) is 0.974. The van der Waals surface area contributed by atoms with Gasteiger partial charge >= 0.3 is 0 Å². The fraction of sp³-hybridized carbons (Fsp3) is 0.625. The van der Waals surface area contributed by atoms with E-state index in [9.17, 15) is 0 Å². The molecule has 0 amide bonds. The molecule has 1 N–H and O–H groups in total. The number of nitrogens with zero attached hydrogens (tertiary/aromatic N) is 1. The lowest BCUT2D eigenvalue weighted by Crippen LogP contribution is -2.35. The number of methoxy groups -OCH3 is 1. The van der Waals surface area contributed by atoms with Crippen molar-refractivity contribution < 1.29 is 9.47 Å². The molecule has 1 aromatic rings. The minimum Gasteiger partial charge on any atom is -0.493 e. The highest BCUT2D eigenvalue weighted by Crippen LogP contribution is 2.36. The first-order chi connectivity index (χ1) is 9.99. The summed E-state index contributed by atoms with van der Waals surface area (Å²) in [7, 11) is 5.85. The maximum Gasteiger partial charge on any atom is 0.175 e. The standard InChI is InChI=1S/C16H27BrN2O2/c1-6-7-21-16-14(17)8-13(9-15(16)20-5)11-18-10-12(2)19(3)4/h8-9,12,18H,6-7,10-11H2,1-5H3. The number of rotatable bonds is 9. The van der Waals surface area contributed by atoms with Crippen molar-refractivity contribution in [3.63, 3.8) is 0 Å². The van der Waals surface area contributed by atoms with Crippen LogP contribution in [0.25, 0.3) is 0 Å². The van der Waals surface area contributed by atoms with Crippen LogP contribution in [0.1, 0.15) is 25.8 Å². The topological polar surface area (TPSA) is 33.7 Å². The fourth-order valence-electron chi connectivity index (χ4n) is 1.83. The van der Waals surface area contributed by atoms with E-state index >= 15 is 0 Å². The van der Waals surface area contributed by atoms with Gasteiger partial charge in [-0.2, -0.15) is 0 Å². The Morgan fingerprint density at radius 3 is 2.62 bits per heavy atom. The normalized spacial score (nSPS) is 12.5. The van der Waals surface area contributed by atoms with Crippen molar-refractivity contribution in [1.82, 2.24) is 10.2 Å². The van der Waals surface area contributed by atoms with Crippen LogP contribution in [0.2, 0.25) is 0 Å². The van der Waals surface area contributed by atoms with Gasteiger partial charge < -0.3 is 19.7 Å². The quantitative estimate of drug-likeness (QED) is 0.734. The minimum atomic E-state index is 0.502. The van der Waals surface area contributed by atoms with E-state index in [1.165, 1.54) is 5.56 Å². The zero-order valence-corrected chi connectivity index (χ0v) is 15.3. The largest absolute Gasteiger partial charge is 0.493 e. The van der Waals surface area contributed by atoms with Crippen LogP contribution in [0, 0.1) is 0 Å². The van der Waals surface area contributed by atoms with Gasteiger partial charge in [-0.1, -0.05) is 6.92 Å². The molecule has 0 saturated carbocycles. The SMILES string of the molecule is CCCOc1c(Br)cc(CNCC(C)N(C)C)cc1OC. The van der Waals surface area contributed by atoms with Gasteiger partial charge in [0.05, 0.1) is 18.2 Å². The monoisotopic (exact) mass is 358 g/mol. The Morgan fingerprint density at radius 1 is 1.33 bits per heavy atom. The van der Waals surface area contributed by atoms with Crippen molar-refractivity contribution in [2.24, 2.45) is 0 Å². The Kier molecular flexibility index (Phi) is 8.07. The van der Waals surface area contributed by atoms with E-state index in [1.807, 2.05) is 6.07 Å². The summed E-state index contributed by atoms with van der Waals surface area (Å²) in [4.78, 5) is 2.20.